The van der Waals surface area contributed by atoms with Gasteiger partial charge in [-0.2, -0.15) is 0 Å². The Hall–Kier alpha value is -0.610. The van der Waals surface area contributed by atoms with Gasteiger partial charge in [-0.05, 0) is 44.2 Å². The van der Waals surface area contributed by atoms with E-state index < -0.39 is 0 Å². The molecule has 0 aliphatic carbocycles. The van der Waals surface area contributed by atoms with Gasteiger partial charge in [-0.25, -0.2) is 0 Å². The number of amides is 1. The number of nitrogens with zero attached hydrogens (tertiary/aromatic N) is 1. The molecule has 3 aliphatic rings. The van der Waals surface area contributed by atoms with Crippen LogP contribution < -0.4 is 5.32 Å². The first-order chi connectivity index (χ1) is 8.33. The van der Waals surface area contributed by atoms with Gasteiger partial charge in [0, 0.05) is 32.2 Å². The van der Waals surface area contributed by atoms with Crippen molar-refractivity contribution in [2.24, 2.45) is 17.8 Å². The largest absolute Gasteiger partial charge is 0.381 e. The second-order valence-corrected chi connectivity index (χ2v) is 5.76. The minimum atomic E-state index is 0.232. The molecule has 17 heavy (non-hydrogen) atoms. The summed E-state index contributed by atoms with van der Waals surface area (Å²) in [5, 5.41) is 3.47. The normalized spacial score (nSPS) is 34.7. The van der Waals surface area contributed by atoms with Gasteiger partial charge >= 0.3 is 0 Å². The molecule has 3 aliphatic heterocycles. The fourth-order valence-corrected chi connectivity index (χ4v) is 3.49. The van der Waals surface area contributed by atoms with E-state index in [1.807, 2.05) is 0 Å². The predicted octanol–water partition coefficient (Wildman–Crippen LogP) is 0.481. The second-order valence-electron chi connectivity index (χ2n) is 5.76. The quantitative estimate of drug-likeness (QED) is 0.722. The van der Waals surface area contributed by atoms with E-state index in [0.717, 1.165) is 52.2 Å². The Labute approximate surface area is 103 Å². The van der Waals surface area contributed by atoms with Crippen LogP contribution in [-0.4, -0.2) is 50.2 Å². The van der Waals surface area contributed by atoms with Crippen molar-refractivity contribution in [3.63, 3.8) is 0 Å². The number of ether oxygens (including phenoxy) is 1. The summed E-state index contributed by atoms with van der Waals surface area (Å²) in [5.41, 5.74) is 0. The van der Waals surface area contributed by atoms with Crippen LogP contribution in [0.2, 0.25) is 0 Å². The lowest BCUT2D eigenvalue weighted by Crippen LogP contribution is -2.54. The van der Waals surface area contributed by atoms with E-state index in [1.54, 1.807) is 0 Å². The molecule has 0 aromatic heterocycles. The van der Waals surface area contributed by atoms with Crippen molar-refractivity contribution in [1.82, 2.24) is 10.2 Å². The molecule has 1 N–H and O–H groups in total. The van der Waals surface area contributed by atoms with Crippen LogP contribution in [0.4, 0.5) is 0 Å². The highest BCUT2D eigenvalue weighted by Gasteiger charge is 2.35. The van der Waals surface area contributed by atoms with E-state index in [4.69, 9.17) is 4.74 Å². The highest BCUT2D eigenvalue weighted by Crippen LogP contribution is 2.27. The topological polar surface area (TPSA) is 41.6 Å². The Morgan fingerprint density at radius 3 is 2.41 bits per heavy atom. The summed E-state index contributed by atoms with van der Waals surface area (Å²) in [6, 6.07) is 0. The van der Waals surface area contributed by atoms with E-state index >= 15 is 0 Å². The summed E-state index contributed by atoms with van der Waals surface area (Å²) in [4.78, 5) is 14.6. The zero-order valence-electron chi connectivity index (χ0n) is 10.4. The Kier molecular flexibility index (Phi) is 3.34. The summed E-state index contributed by atoms with van der Waals surface area (Å²) in [6.07, 6.45) is 3.15. The molecule has 2 bridgehead atoms. The van der Waals surface area contributed by atoms with Gasteiger partial charge in [0.15, 0.2) is 0 Å². The molecule has 4 heteroatoms. The average molecular weight is 238 g/mol. The van der Waals surface area contributed by atoms with Gasteiger partial charge in [-0.1, -0.05) is 0 Å². The molecule has 96 valence electrons. The third kappa shape index (κ3) is 2.47. The predicted molar refractivity (Wildman–Crippen MR) is 64.6 cm³/mol. The van der Waals surface area contributed by atoms with Crippen molar-refractivity contribution in [3.05, 3.63) is 0 Å². The summed E-state index contributed by atoms with van der Waals surface area (Å²) >= 11 is 0. The summed E-state index contributed by atoms with van der Waals surface area (Å²) < 4.78 is 5.33. The fourth-order valence-electron chi connectivity index (χ4n) is 3.49. The van der Waals surface area contributed by atoms with Crippen molar-refractivity contribution >= 4 is 5.91 Å². The van der Waals surface area contributed by atoms with Crippen LogP contribution in [0.5, 0.6) is 0 Å². The number of carbonyl (C=O) groups is 1. The number of fused-ring (bicyclic) bond motifs is 2. The number of likely N-dealkylation sites (tertiary alicyclic amines) is 1. The number of hydrogen-bond acceptors (Lipinski definition) is 3. The Bertz CT molecular complexity index is 277. The number of piperidine rings is 2. The van der Waals surface area contributed by atoms with Crippen LogP contribution in [0.1, 0.15) is 19.3 Å². The van der Waals surface area contributed by atoms with E-state index in [2.05, 4.69) is 10.2 Å². The number of carbonyl (C=O) groups excluding carboxylic acids is 1. The van der Waals surface area contributed by atoms with Gasteiger partial charge < -0.3 is 15.0 Å². The minimum absolute atomic E-state index is 0.232. The maximum absolute atomic E-state index is 12.4. The lowest BCUT2D eigenvalue weighted by Gasteiger charge is -2.43. The first-order valence-electron chi connectivity index (χ1n) is 6.90. The maximum Gasteiger partial charge on any atom is 0.225 e. The third-order valence-electron chi connectivity index (χ3n) is 4.37. The van der Waals surface area contributed by atoms with Crippen molar-refractivity contribution in [3.8, 4) is 0 Å². The molecule has 0 aromatic rings. The van der Waals surface area contributed by atoms with Gasteiger partial charge in [0.2, 0.25) is 5.91 Å². The van der Waals surface area contributed by atoms with E-state index in [1.165, 1.54) is 6.42 Å². The second kappa shape index (κ2) is 4.94. The van der Waals surface area contributed by atoms with Gasteiger partial charge in [0.25, 0.3) is 0 Å². The van der Waals surface area contributed by atoms with E-state index in [-0.39, 0.29) is 5.92 Å². The van der Waals surface area contributed by atoms with Crippen molar-refractivity contribution in [2.45, 2.75) is 19.3 Å². The minimum Gasteiger partial charge on any atom is -0.381 e. The van der Waals surface area contributed by atoms with E-state index in [9.17, 15) is 4.79 Å². The molecule has 2 atom stereocenters. The molecule has 0 spiro atoms. The standard InChI is InChI=1S/C13H22N2O2/c16-13(12-1-3-17-4-2-12)15-8-10-5-11(9-15)7-14-6-10/h10-12,14H,1-9H2. The van der Waals surface area contributed by atoms with Gasteiger partial charge in [-0.3, -0.25) is 4.79 Å². The first kappa shape index (κ1) is 11.5. The third-order valence-corrected chi connectivity index (χ3v) is 4.37. The van der Waals surface area contributed by atoms with Gasteiger partial charge in [0.1, 0.15) is 0 Å². The molecule has 0 radical (unpaired) electrons. The van der Waals surface area contributed by atoms with Gasteiger partial charge in [-0.15, -0.1) is 0 Å². The number of nitrogens with one attached hydrogen (secondary N) is 1. The summed E-state index contributed by atoms with van der Waals surface area (Å²) in [6.45, 7) is 5.65. The van der Waals surface area contributed by atoms with Crippen LogP contribution in [0.15, 0.2) is 0 Å². The van der Waals surface area contributed by atoms with Crippen LogP contribution in [0.3, 0.4) is 0 Å². The number of hydrogen-bond donors (Lipinski definition) is 1. The van der Waals surface area contributed by atoms with Crippen molar-refractivity contribution < 1.29 is 9.53 Å². The Morgan fingerprint density at radius 1 is 1.12 bits per heavy atom. The lowest BCUT2D eigenvalue weighted by molar-refractivity contribution is -0.142. The average Bonchev–Trinajstić information content (AvgIpc) is 2.38. The molecule has 3 heterocycles. The lowest BCUT2D eigenvalue weighted by atomic mass is 9.85. The van der Waals surface area contributed by atoms with E-state index in [0.29, 0.717) is 17.7 Å². The molecular formula is C13H22N2O2. The molecule has 3 saturated heterocycles. The van der Waals surface area contributed by atoms with Crippen LogP contribution in [0, 0.1) is 17.8 Å². The van der Waals surface area contributed by atoms with Crippen molar-refractivity contribution in [1.29, 1.82) is 0 Å². The molecular weight excluding hydrogens is 216 g/mol. The fraction of sp³-hybridized carbons (Fsp3) is 0.923. The Balaban J connectivity index is 1.61. The summed E-state index contributed by atoms with van der Waals surface area (Å²) in [5.74, 6) is 2.00. The maximum atomic E-state index is 12.4. The number of rotatable bonds is 1. The molecule has 0 saturated carbocycles. The molecule has 1 amide bonds. The summed E-state index contributed by atoms with van der Waals surface area (Å²) in [7, 11) is 0. The monoisotopic (exact) mass is 238 g/mol. The zero-order chi connectivity index (χ0) is 11.7. The Morgan fingerprint density at radius 2 is 1.76 bits per heavy atom. The smallest absolute Gasteiger partial charge is 0.225 e. The van der Waals surface area contributed by atoms with Crippen LogP contribution in [0.25, 0.3) is 0 Å². The zero-order valence-corrected chi connectivity index (χ0v) is 10.4. The van der Waals surface area contributed by atoms with Crippen molar-refractivity contribution in [2.75, 3.05) is 39.4 Å². The highest BCUT2D eigenvalue weighted by atomic mass is 16.5. The van der Waals surface area contributed by atoms with Gasteiger partial charge in [0.05, 0.1) is 0 Å². The molecule has 3 rings (SSSR count). The molecule has 0 aromatic carbocycles. The molecule has 3 fully saturated rings. The van der Waals surface area contributed by atoms with Crippen LogP contribution in [-0.2, 0) is 9.53 Å². The first-order valence-corrected chi connectivity index (χ1v) is 6.90. The van der Waals surface area contributed by atoms with Crippen LogP contribution >= 0.6 is 0 Å². The highest BCUT2D eigenvalue weighted by molar-refractivity contribution is 5.79. The molecule has 4 nitrogen and oxygen atoms in total. The molecule has 2 unspecified atom stereocenters. The SMILES string of the molecule is O=C(C1CCOCC1)N1CC2CNCC(C2)C1.